The first-order valence-corrected chi connectivity index (χ1v) is 11.4. The molecule has 0 saturated carbocycles. The molecule has 0 aromatic carbocycles. The van der Waals surface area contributed by atoms with Crippen LogP contribution < -0.4 is 0 Å². The monoisotopic (exact) mass is 353 g/mol. The lowest BCUT2D eigenvalue weighted by Gasteiger charge is -2.03. The van der Waals surface area contributed by atoms with Gasteiger partial charge in [-0.25, -0.2) is 4.99 Å². The molecule has 0 aliphatic carbocycles. The van der Waals surface area contributed by atoms with Crippen molar-refractivity contribution in [2.75, 3.05) is 6.54 Å². The van der Waals surface area contributed by atoms with Crippen LogP contribution in [-0.4, -0.2) is 11.7 Å². The molecule has 0 aliphatic rings. The Kier molecular flexibility index (Phi) is 22.6. The van der Waals surface area contributed by atoms with Crippen LogP contribution in [0.1, 0.15) is 129 Å². The summed E-state index contributed by atoms with van der Waals surface area (Å²) in [6, 6.07) is 0. The lowest BCUT2D eigenvalue weighted by atomic mass is 10.0. The van der Waals surface area contributed by atoms with Crippen LogP contribution in [-0.2, 0) is 0 Å². The van der Waals surface area contributed by atoms with Crippen molar-refractivity contribution in [3.8, 4) is 0 Å². The fraction of sp³-hybridized carbons (Fsp3) is 0.955. The van der Waals surface area contributed by atoms with E-state index in [1.54, 1.807) is 0 Å². The van der Waals surface area contributed by atoms with Crippen LogP contribution in [0.4, 0.5) is 0 Å². The van der Waals surface area contributed by atoms with Gasteiger partial charge in [-0.1, -0.05) is 122 Å². The first-order valence-electron chi connectivity index (χ1n) is 11.0. The summed E-state index contributed by atoms with van der Waals surface area (Å²) >= 11 is 4.56. The Morgan fingerprint density at radius 1 is 0.500 bits per heavy atom. The molecule has 0 spiro atoms. The first-order chi connectivity index (χ1) is 11.9. The minimum atomic E-state index is 0.877. The Bertz CT molecular complexity index is 271. The Balaban J connectivity index is 2.96. The first kappa shape index (κ1) is 23.8. The number of isothiocyanates is 1. The minimum Gasteiger partial charge on any atom is -0.233 e. The summed E-state index contributed by atoms with van der Waals surface area (Å²) < 4.78 is 0. The number of unbranched alkanes of at least 4 members (excludes halogenated alkanes) is 18. The Labute approximate surface area is 158 Å². The molecule has 2 heteroatoms. The molecular formula is C22H43NS. The molecule has 0 aromatic rings. The van der Waals surface area contributed by atoms with Crippen LogP contribution in [0, 0.1) is 0 Å². The Morgan fingerprint density at radius 3 is 1.08 bits per heavy atom. The molecule has 0 radical (unpaired) electrons. The second-order valence-electron chi connectivity index (χ2n) is 7.34. The molecule has 0 heterocycles. The highest BCUT2D eigenvalue weighted by atomic mass is 32.1. The summed E-state index contributed by atoms with van der Waals surface area (Å²) in [7, 11) is 0. The van der Waals surface area contributed by atoms with Crippen molar-refractivity contribution in [3.05, 3.63) is 0 Å². The smallest absolute Gasteiger partial charge is 0.0584 e. The van der Waals surface area contributed by atoms with Crippen LogP contribution >= 0.6 is 12.2 Å². The van der Waals surface area contributed by atoms with E-state index in [9.17, 15) is 0 Å². The Morgan fingerprint density at radius 2 is 0.792 bits per heavy atom. The van der Waals surface area contributed by atoms with Crippen molar-refractivity contribution in [3.63, 3.8) is 0 Å². The number of hydrogen-bond acceptors (Lipinski definition) is 2. The molecule has 0 atom stereocenters. The quantitative estimate of drug-likeness (QED) is 0.121. The summed E-state index contributed by atoms with van der Waals surface area (Å²) in [4.78, 5) is 3.95. The predicted octanol–water partition coefficient (Wildman–Crippen LogP) is 8.52. The van der Waals surface area contributed by atoms with Gasteiger partial charge in [0.15, 0.2) is 0 Å². The molecule has 0 N–H and O–H groups in total. The van der Waals surface area contributed by atoms with Gasteiger partial charge in [0.05, 0.1) is 5.16 Å². The zero-order valence-electron chi connectivity index (χ0n) is 16.5. The van der Waals surface area contributed by atoms with Crippen LogP contribution in [0.2, 0.25) is 0 Å². The normalized spacial score (nSPS) is 10.7. The van der Waals surface area contributed by atoms with Crippen LogP contribution in [0.3, 0.4) is 0 Å². The minimum absolute atomic E-state index is 0.877. The predicted molar refractivity (Wildman–Crippen MR) is 113 cm³/mol. The summed E-state index contributed by atoms with van der Waals surface area (Å²) in [6.45, 7) is 3.17. The van der Waals surface area contributed by atoms with E-state index in [-0.39, 0.29) is 0 Å². The van der Waals surface area contributed by atoms with Crippen LogP contribution in [0.5, 0.6) is 0 Å². The van der Waals surface area contributed by atoms with E-state index in [1.165, 1.54) is 122 Å². The summed E-state index contributed by atoms with van der Waals surface area (Å²) in [5.41, 5.74) is 0. The number of thiocarbonyl (C=S) groups is 1. The van der Waals surface area contributed by atoms with Gasteiger partial charge in [-0.2, -0.15) is 0 Å². The summed E-state index contributed by atoms with van der Waals surface area (Å²) in [5, 5.41) is 2.43. The maximum absolute atomic E-state index is 4.56. The molecule has 0 saturated heterocycles. The molecule has 0 rings (SSSR count). The molecule has 0 fully saturated rings. The van der Waals surface area contributed by atoms with Gasteiger partial charge in [-0.3, -0.25) is 0 Å². The van der Waals surface area contributed by atoms with E-state index < -0.39 is 0 Å². The molecular weight excluding hydrogens is 310 g/mol. The standard InChI is InChI=1S/C22H43NS/c1-2-3-4-5-6-7-8-9-10-11-12-13-14-15-16-17-18-19-20-21-23-22-24/h2-21H2,1H3. The van der Waals surface area contributed by atoms with Crippen LogP contribution in [0.25, 0.3) is 0 Å². The summed E-state index contributed by atoms with van der Waals surface area (Å²) in [6.07, 6.45) is 27.1. The van der Waals surface area contributed by atoms with Gasteiger partial charge in [-0.05, 0) is 18.6 Å². The number of aliphatic imine (C=N–C) groups is 1. The highest BCUT2D eigenvalue weighted by Gasteiger charge is 1.95. The molecule has 0 bridgehead atoms. The maximum Gasteiger partial charge on any atom is 0.0584 e. The van der Waals surface area contributed by atoms with Gasteiger partial charge in [-0.15, -0.1) is 0 Å². The number of rotatable bonds is 20. The van der Waals surface area contributed by atoms with Gasteiger partial charge in [0.2, 0.25) is 0 Å². The molecule has 0 unspecified atom stereocenters. The largest absolute Gasteiger partial charge is 0.233 e. The fourth-order valence-electron chi connectivity index (χ4n) is 3.31. The van der Waals surface area contributed by atoms with E-state index >= 15 is 0 Å². The van der Waals surface area contributed by atoms with Crippen molar-refractivity contribution < 1.29 is 0 Å². The maximum atomic E-state index is 4.56. The summed E-state index contributed by atoms with van der Waals surface area (Å²) in [5.74, 6) is 0. The average Bonchev–Trinajstić information content (AvgIpc) is 2.60. The number of nitrogens with zero attached hydrogens (tertiary/aromatic N) is 1. The zero-order chi connectivity index (χ0) is 17.6. The highest BCUT2D eigenvalue weighted by Crippen LogP contribution is 2.14. The molecule has 24 heavy (non-hydrogen) atoms. The third kappa shape index (κ3) is 21.8. The van der Waals surface area contributed by atoms with Gasteiger partial charge in [0.25, 0.3) is 0 Å². The van der Waals surface area contributed by atoms with E-state index in [1.807, 2.05) is 0 Å². The lowest BCUT2D eigenvalue weighted by Crippen LogP contribution is -1.85. The number of hydrogen-bond donors (Lipinski definition) is 0. The third-order valence-electron chi connectivity index (χ3n) is 4.94. The van der Waals surface area contributed by atoms with Crippen molar-refractivity contribution in [2.45, 2.75) is 129 Å². The van der Waals surface area contributed by atoms with Gasteiger partial charge in [0.1, 0.15) is 0 Å². The van der Waals surface area contributed by atoms with E-state index in [4.69, 9.17) is 0 Å². The lowest BCUT2D eigenvalue weighted by molar-refractivity contribution is 0.524. The van der Waals surface area contributed by atoms with Crippen molar-refractivity contribution in [1.82, 2.24) is 0 Å². The highest BCUT2D eigenvalue weighted by molar-refractivity contribution is 7.78. The van der Waals surface area contributed by atoms with Crippen molar-refractivity contribution in [1.29, 1.82) is 0 Å². The second kappa shape index (κ2) is 22.8. The SMILES string of the molecule is CCCCCCCCCCCCCCCCCCCCCN=C=S. The van der Waals surface area contributed by atoms with Gasteiger partial charge >= 0.3 is 0 Å². The molecule has 1 nitrogen and oxygen atoms in total. The average molecular weight is 354 g/mol. The van der Waals surface area contributed by atoms with Crippen molar-refractivity contribution in [2.24, 2.45) is 4.99 Å². The third-order valence-corrected chi connectivity index (χ3v) is 5.07. The van der Waals surface area contributed by atoms with E-state index in [0.717, 1.165) is 6.54 Å². The fourth-order valence-corrected chi connectivity index (χ4v) is 3.41. The zero-order valence-corrected chi connectivity index (χ0v) is 17.3. The molecule has 0 aromatic heterocycles. The van der Waals surface area contributed by atoms with E-state index in [2.05, 4.69) is 29.3 Å². The van der Waals surface area contributed by atoms with Crippen molar-refractivity contribution >= 4 is 17.4 Å². The molecule has 142 valence electrons. The molecule has 0 aliphatic heterocycles. The van der Waals surface area contributed by atoms with Gasteiger partial charge in [0, 0.05) is 6.54 Å². The molecule has 0 amide bonds. The van der Waals surface area contributed by atoms with Gasteiger partial charge < -0.3 is 0 Å². The second-order valence-corrected chi connectivity index (χ2v) is 7.52. The van der Waals surface area contributed by atoms with Crippen LogP contribution in [0.15, 0.2) is 4.99 Å². The Hall–Kier alpha value is -0.200. The topological polar surface area (TPSA) is 12.4 Å². The van der Waals surface area contributed by atoms with E-state index in [0.29, 0.717) is 0 Å².